The minimum Gasteiger partial charge on any atom is -0.464 e. The second kappa shape index (κ2) is 4.55. The average molecular weight is 196 g/mol. The van der Waals surface area contributed by atoms with E-state index in [0.29, 0.717) is 12.8 Å². The van der Waals surface area contributed by atoms with Crippen molar-refractivity contribution in [1.82, 2.24) is 9.78 Å². The van der Waals surface area contributed by atoms with Crippen LogP contribution in [-0.2, 0) is 23.0 Å². The Morgan fingerprint density at radius 3 is 3.00 bits per heavy atom. The molecule has 0 aromatic carbocycles. The Bertz CT molecular complexity index is 344. The normalized spacial score (nSPS) is 9.86. The Labute approximate surface area is 81.7 Å². The first kappa shape index (κ1) is 10.4. The van der Waals surface area contributed by atoms with Crippen molar-refractivity contribution in [3.63, 3.8) is 0 Å². The molecule has 1 aromatic rings. The summed E-state index contributed by atoms with van der Waals surface area (Å²) < 4.78 is 6.10. The quantitative estimate of drug-likeness (QED) is 0.514. The summed E-state index contributed by atoms with van der Waals surface area (Å²) in [7, 11) is 3.04. The number of carbonyl (C=O) groups excluding carboxylic acids is 2. The van der Waals surface area contributed by atoms with Crippen molar-refractivity contribution < 1.29 is 14.3 Å². The maximum Gasteiger partial charge on any atom is 0.358 e. The first-order valence-electron chi connectivity index (χ1n) is 4.24. The maximum absolute atomic E-state index is 11.1. The van der Waals surface area contributed by atoms with Gasteiger partial charge in [0.25, 0.3) is 0 Å². The fourth-order valence-corrected chi connectivity index (χ4v) is 1.15. The van der Waals surface area contributed by atoms with Crippen molar-refractivity contribution in [2.45, 2.75) is 12.8 Å². The van der Waals surface area contributed by atoms with Crippen LogP contribution in [0.3, 0.4) is 0 Å². The van der Waals surface area contributed by atoms with E-state index in [-0.39, 0.29) is 5.69 Å². The van der Waals surface area contributed by atoms with Crippen LogP contribution in [0.25, 0.3) is 0 Å². The molecule has 1 heterocycles. The van der Waals surface area contributed by atoms with E-state index in [9.17, 15) is 9.59 Å². The first-order chi connectivity index (χ1) is 6.69. The molecule has 0 saturated heterocycles. The molecule has 5 heteroatoms. The summed E-state index contributed by atoms with van der Waals surface area (Å²) in [4.78, 5) is 21.3. The Kier molecular flexibility index (Phi) is 3.39. The van der Waals surface area contributed by atoms with Crippen molar-refractivity contribution in [1.29, 1.82) is 0 Å². The van der Waals surface area contributed by atoms with Gasteiger partial charge in [0.05, 0.1) is 7.11 Å². The molecule has 0 bridgehead atoms. The number of aldehydes is 1. The van der Waals surface area contributed by atoms with Gasteiger partial charge >= 0.3 is 5.97 Å². The van der Waals surface area contributed by atoms with Crippen LogP contribution in [0.5, 0.6) is 0 Å². The molecule has 0 N–H and O–H groups in total. The zero-order valence-corrected chi connectivity index (χ0v) is 8.19. The highest BCUT2D eigenvalue weighted by Gasteiger charge is 2.12. The number of rotatable bonds is 4. The number of hydrogen-bond donors (Lipinski definition) is 0. The third kappa shape index (κ3) is 2.18. The zero-order chi connectivity index (χ0) is 10.6. The molecule has 14 heavy (non-hydrogen) atoms. The van der Waals surface area contributed by atoms with E-state index in [1.54, 1.807) is 17.8 Å². The molecule has 0 atom stereocenters. The number of methoxy groups -OCH3 is 1. The largest absolute Gasteiger partial charge is 0.464 e. The Balaban J connectivity index is 2.81. The van der Waals surface area contributed by atoms with Gasteiger partial charge in [-0.15, -0.1) is 0 Å². The lowest BCUT2D eigenvalue weighted by Gasteiger charge is -1.95. The Morgan fingerprint density at radius 2 is 2.43 bits per heavy atom. The highest BCUT2D eigenvalue weighted by molar-refractivity contribution is 5.87. The minimum absolute atomic E-state index is 0.274. The van der Waals surface area contributed by atoms with Gasteiger partial charge in [0.2, 0.25) is 0 Å². The fourth-order valence-electron chi connectivity index (χ4n) is 1.15. The number of esters is 1. The molecule has 0 unspecified atom stereocenters. The van der Waals surface area contributed by atoms with Gasteiger partial charge in [0.15, 0.2) is 5.69 Å². The number of nitrogens with zero attached hydrogens (tertiary/aromatic N) is 2. The van der Waals surface area contributed by atoms with Gasteiger partial charge in [0, 0.05) is 19.2 Å². The third-order valence-electron chi connectivity index (χ3n) is 1.89. The summed E-state index contributed by atoms with van der Waals surface area (Å²) in [5, 5.41) is 3.96. The lowest BCUT2D eigenvalue weighted by molar-refractivity contribution is -0.107. The SMILES string of the molecule is COC(=O)c1cc(CCC=O)n(C)n1. The predicted octanol–water partition coefficient (Wildman–Crippen LogP) is 0.338. The van der Waals surface area contributed by atoms with E-state index >= 15 is 0 Å². The van der Waals surface area contributed by atoms with Crippen LogP contribution in [0.2, 0.25) is 0 Å². The summed E-state index contributed by atoms with van der Waals surface area (Å²) in [6.45, 7) is 0. The molecule has 0 radical (unpaired) electrons. The van der Waals surface area contributed by atoms with Crippen molar-refractivity contribution >= 4 is 12.3 Å². The lowest BCUT2D eigenvalue weighted by atomic mass is 10.2. The second-order valence-corrected chi connectivity index (χ2v) is 2.84. The maximum atomic E-state index is 11.1. The van der Waals surface area contributed by atoms with Crippen molar-refractivity contribution in [3.8, 4) is 0 Å². The van der Waals surface area contributed by atoms with Crippen molar-refractivity contribution in [2.75, 3.05) is 7.11 Å². The second-order valence-electron chi connectivity index (χ2n) is 2.84. The molecule has 76 valence electrons. The van der Waals surface area contributed by atoms with E-state index in [2.05, 4.69) is 9.84 Å². The van der Waals surface area contributed by atoms with Crippen LogP contribution in [0.15, 0.2) is 6.07 Å². The van der Waals surface area contributed by atoms with Gasteiger partial charge in [0.1, 0.15) is 6.29 Å². The molecule has 5 nitrogen and oxygen atoms in total. The Hall–Kier alpha value is -1.65. The first-order valence-corrected chi connectivity index (χ1v) is 4.24. The monoisotopic (exact) mass is 196 g/mol. The number of ether oxygens (including phenoxy) is 1. The van der Waals surface area contributed by atoms with Crippen LogP contribution < -0.4 is 0 Å². The van der Waals surface area contributed by atoms with Crippen LogP contribution in [-0.4, -0.2) is 29.1 Å². The molecule has 1 aromatic heterocycles. The molecule has 0 aliphatic heterocycles. The molecule has 1 rings (SSSR count). The van der Waals surface area contributed by atoms with E-state index in [1.807, 2.05) is 0 Å². The molecule has 0 saturated carbocycles. The predicted molar refractivity (Wildman–Crippen MR) is 48.9 cm³/mol. The number of aromatic nitrogens is 2. The molecular formula is C9H12N2O3. The summed E-state index contributed by atoms with van der Waals surface area (Å²) >= 11 is 0. The van der Waals surface area contributed by atoms with Gasteiger partial charge < -0.3 is 9.53 Å². The van der Waals surface area contributed by atoms with E-state index in [1.165, 1.54) is 7.11 Å². The van der Waals surface area contributed by atoms with Crippen LogP contribution >= 0.6 is 0 Å². The summed E-state index contributed by atoms with van der Waals surface area (Å²) in [6.07, 6.45) is 1.86. The molecule has 0 aliphatic carbocycles. The average Bonchev–Trinajstić information content (AvgIpc) is 2.56. The number of aryl methyl sites for hydroxylation is 2. The number of hydrogen-bond acceptors (Lipinski definition) is 4. The fraction of sp³-hybridized carbons (Fsp3) is 0.444. The molecule has 0 amide bonds. The Morgan fingerprint density at radius 1 is 1.71 bits per heavy atom. The molecule has 0 fully saturated rings. The smallest absolute Gasteiger partial charge is 0.358 e. The van der Waals surface area contributed by atoms with E-state index < -0.39 is 5.97 Å². The highest BCUT2D eigenvalue weighted by Crippen LogP contribution is 2.06. The van der Waals surface area contributed by atoms with E-state index in [4.69, 9.17) is 0 Å². The zero-order valence-electron chi connectivity index (χ0n) is 8.19. The van der Waals surface area contributed by atoms with Gasteiger partial charge in [-0.3, -0.25) is 4.68 Å². The van der Waals surface area contributed by atoms with Crippen molar-refractivity contribution in [3.05, 3.63) is 17.5 Å². The summed E-state index contributed by atoms with van der Waals surface area (Å²) in [5.74, 6) is -0.460. The number of carbonyl (C=O) groups is 2. The molecular weight excluding hydrogens is 184 g/mol. The van der Waals surface area contributed by atoms with Crippen LogP contribution in [0.4, 0.5) is 0 Å². The summed E-state index contributed by atoms with van der Waals surface area (Å²) in [5.41, 5.74) is 1.12. The molecule has 0 spiro atoms. The van der Waals surface area contributed by atoms with Crippen LogP contribution in [0, 0.1) is 0 Å². The van der Waals surface area contributed by atoms with Gasteiger partial charge in [-0.25, -0.2) is 4.79 Å². The van der Waals surface area contributed by atoms with Crippen LogP contribution in [0.1, 0.15) is 22.6 Å². The van der Waals surface area contributed by atoms with Crippen molar-refractivity contribution in [2.24, 2.45) is 7.05 Å². The summed E-state index contributed by atoms with van der Waals surface area (Å²) in [6, 6.07) is 1.63. The topological polar surface area (TPSA) is 61.2 Å². The van der Waals surface area contributed by atoms with Gasteiger partial charge in [-0.05, 0) is 12.5 Å². The van der Waals surface area contributed by atoms with Gasteiger partial charge in [-0.1, -0.05) is 0 Å². The third-order valence-corrected chi connectivity index (χ3v) is 1.89. The standard InChI is InChI=1S/C9H12N2O3/c1-11-7(4-3-5-12)6-8(10-11)9(13)14-2/h5-6H,3-4H2,1-2H3. The molecule has 0 aliphatic rings. The highest BCUT2D eigenvalue weighted by atomic mass is 16.5. The van der Waals surface area contributed by atoms with Gasteiger partial charge in [-0.2, -0.15) is 5.10 Å². The minimum atomic E-state index is -0.460. The van der Waals surface area contributed by atoms with E-state index in [0.717, 1.165) is 12.0 Å². The lowest BCUT2D eigenvalue weighted by Crippen LogP contribution is -2.03.